The molecular weight excluding hydrogens is 228 g/mol. The van der Waals surface area contributed by atoms with Gasteiger partial charge >= 0.3 is 0 Å². The van der Waals surface area contributed by atoms with Crippen molar-refractivity contribution < 1.29 is 13.5 Å². The van der Waals surface area contributed by atoms with Crippen molar-refractivity contribution in [3.63, 3.8) is 0 Å². The minimum atomic E-state index is -3.50. The summed E-state index contributed by atoms with van der Waals surface area (Å²) >= 11 is 0. The smallest absolute Gasteiger partial charge is 0.243 e. The summed E-state index contributed by atoms with van der Waals surface area (Å²) in [6, 6.07) is 6.15. The third kappa shape index (κ3) is 1.91. The van der Waals surface area contributed by atoms with Crippen molar-refractivity contribution in [3.05, 3.63) is 24.3 Å². The number of nitrogens with two attached hydrogens (primary N) is 1. The molecule has 6 heteroatoms. The highest BCUT2D eigenvalue weighted by molar-refractivity contribution is 7.89. The highest BCUT2D eigenvalue weighted by Crippen LogP contribution is 2.28. The molecule has 0 bridgehead atoms. The number of hydrogen-bond acceptors (Lipinski definition) is 4. The van der Waals surface area contributed by atoms with E-state index in [1.807, 2.05) is 0 Å². The molecule has 3 N–H and O–H groups in total. The van der Waals surface area contributed by atoms with E-state index in [1.54, 1.807) is 19.1 Å². The van der Waals surface area contributed by atoms with E-state index in [4.69, 9.17) is 5.73 Å². The predicted octanol–water partition coefficient (Wildman–Crippen LogP) is 0.0241. The summed E-state index contributed by atoms with van der Waals surface area (Å²) in [5.74, 6) is 0. The Bertz CT molecular complexity index is 503. The molecular formula is C10H14N2O3S. The average Bonchev–Trinajstić information content (AvgIpc) is 2.14. The molecule has 88 valence electrons. The number of hydrogen-bond donors (Lipinski definition) is 2. The number of nitrogen functional groups attached to an aromatic ring is 1. The first-order chi connectivity index (χ1) is 7.31. The molecule has 16 heavy (non-hydrogen) atoms. The Labute approximate surface area is 94.5 Å². The van der Waals surface area contributed by atoms with E-state index >= 15 is 0 Å². The fraction of sp³-hybridized carbons (Fsp3) is 0.400. The third-order valence-corrected chi connectivity index (χ3v) is 4.32. The van der Waals surface area contributed by atoms with Gasteiger partial charge in [0.25, 0.3) is 0 Å². The van der Waals surface area contributed by atoms with Crippen LogP contribution < -0.4 is 5.73 Å². The summed E-state index contributed by atoms with van der Waals surface area (Å²) in [5.41, 5.74) is 5.04. The summed E-state index contributed by atoms with van der Waals surface area (Å²) in [4.78, 5) is 0.169. The van der Waals surface area contributed by atoms with Crippen LogP contribution in [0.15, 0.2) is 29.2 Å². The van der Waals surface area contributed by atoms with Gasteiger partial charge in [-0.1, -0.05) is 6.07 Å². The van der Waals surface area contributed by atoms with Gasteiger partial charge in [0, 0.05) is 18.8 Å². The number of nitrogens with zero attached hydrogens (tertiary/aromatic N) is 1. The first kappa shape index (κ1) is 11.4. The Balaban J connectivity index is 2.28. The number of benzene rings is 1. The maximum absolute atomic E-state index is 12.0. The summed E-state index contributed by atoms with van der Waals surface area (Å²) in [7, 11) is -3.50. The maximum Gasteiger partial charge on any atom is 0.243 e. The predicted molar refractivity (Wildman–Crippen MR) is 60.2 cm³/mol. The Morgan fingerprint density at radius 3 is 2.56 bits per heavy atom. The molecule has 0 atom stereocenters. The number of sulfonamides is 1. The number of aliphatic hydroxyl groups is 1. The Morgan fingerprint density at radius 1 is 1.44 bits per heavy atom. The molecule has 1 heterocycles. The van der Waals surface area contributed by atoms with Crippen LogP contribution >= 0.6 is 0 Å². The van der Waals surface area contributed by atoms with E-state index < -0.39 is 15.6 Å². The standard InChI is InChI=1S/C10H14N2O3S/c1-10(13)6-12(7-10)16(14,15)9-4-2-3-8(11)5-9/h2-5,13H,6-7,11H2,1H3. The zero-order chi connectivity index (χ0) is 12.0. The van der Waals surface area contributed by atoms with Gasteiger partial charge in [-0.25, -0.2) is 8.42 Å². The van der Waals surface area contributed by atoms with Crippen molar-refractivity contribution in [2.24, 2.45) is 0 Å². The van der Waals surface area contributed by atoms with Crippen LogP contribution in [0, 0.1) is 0 Å². The number of β-amino-alcohol motifs (C(OH)–C–C–N with tert-alkyl or cyclic N) is 1. The van der Waals surface area contributed by atoms with Gasteiger partial charge in [0.15, 0.2) is 0 Å². The Kier molecular flexibility index (Phi) is 2.45. The topological polar surface area (TPSA) is 83.6 Å². The Morgan fingerprint density at radius 2 is 2.06 bits per heavy atom. The molecule has 2 rings (SSSR count). The lowest BCUT2D eigenvalue weighted by molar-refractivity contribution is -0.0426. The monoisotopic (exact) mass is 242 g/mol. The lowest BCUT2D eigenvalue weighted by Crippen LogP contribution is -2.61. The fourth-order valence-corrected chi connectivity index (χ4v) is 3.44. The van der Waals surface area contributed by atoms with Crippen molar-refractivity contribution in [2.75, 3.05) is 18.8 Å². The van der Waals surface area contributed by atoms with Gasteiger partial charge < -0.3 is 10.8 Å². The average molecular weight is 242 g/mol. The fourth-order valence-electron chi connectivity index (χ4n) is 1.71. The third-order valence-electron chi connectivity index (χ3n) is 2.53. The normalized spacial score (nSPS) is 20.4. The molecule has 1 aromatic rings. The van der Waals surface area contributed by atoms with E-state index in [1.165, 1.54) is 16.4 Å². The molecule has 0 saturated carbocycles. The van der Waals surface area contributed by atoms with Crippen molar-refractivity contribution >= 4 is 15.7 Å². The SMILES string of the molecule is CC1(O)CN(S(=O)(=O)c2cccc(N)c2)C1. The van der Waals surface area contributed by atoms with Gasteiger partial charge in [0.05, 0.1) is 10.5 Å². The molecule has 1 fully saturated rings. The lowest BCUT2D eigenvalue weighted by Gasteiger charge is -2.42. The molecule has 5 nitrogen and oxygen atoms in total. The molecule has 0 radical (unpaired) electrons. The lowest BCUT2D eigenvalue weighted by atomic mass is 10.0. The van der Waals surface area contributed by atoms with Crippen molar-refractivity contribution in [1.82, 2.24) is 4.31 Å². The van der Waals surface area contributed by atoms with Crippen LogP contribution in [0.4, 0.5) is 5.69 Å². The molecule has 0 spiro atoms. The molecule has 1 aliphatic rings. The molecule has 0 aliphatic carbocycles. The largest absolute Gasteiger partial charge is 0.399 e. The van der Waals surface area contributed by atoms with Crippen LogP contribution in [0.3, 0.4) is 0 Å². The number of anilines is 1. The highest BCUT2D eigenvalue weighted by Gasteiger charge is 2.43. The zero-order valence-corrected chi connectivity index (χ0v) is 9.74. The number of rotatable bonds is 2. The first-order valence-corrected chi connectivity index (χ1v) is 6.33. The van der Waals surface area contributed by atoms with Crippen LogP contribution in [0.1, 0.15) is 6.92 Å². The zero-order valence-electron chi connectivity index (χ0n) is 8.92. The second-order valence-electron chi connectivity index (χ2n) is 4.34. The van der Waals surface area contributed by atoms with Gasteiger partial charge in [0.2, 0.25) is 10.0 Å². The van der Waals surface area contributed by atoms with Gasteiger partial charge in [-0.15, -0.1) is 0 Å². The van der Waals surface area contributed by atoms with E-state index in [2.05, 4.69) is 0 Å². The van der Waals surface area contributed by atoms with E-state index in [9.17, 15) is 13.5 Å². The minimum Gasteiger partial charge on any atom is -0.399 e. The van der Waals surface area contributed by atoms with Crippen molar-refractivity contribution in [2.45, 2.75) is 17.4 Å². The highest BCUT2D eigenvalue weighted by atomic mass is 32.2. The van der Waals surface area contributed by atoms with Crippen LogP contribution in [0.5, 0.6) is 0 Å². The summed E-state index contributed by atoms with van der Waals surface area (Å²) in [5, 5.41) is 9.52. The van der Waals surface area contributed by atoms with Crippen molar-refractivity contribution in [3.8, 4) is 0 Å². The quantitative estimate of drug-likeness (QED) is 0.716. The molecule has 0 aromatic heterocycles. The summed E-state index contributed by atoms with van der Waals surface area (Å²) in [6.45, 7) is 1.87. The Hall–Kier alpha value is -1.11. The summed E-state index contributed by atoms with van der Waals surface area (Å²) < 4.78 is 25.3. The van der Waals surface area contributed by atoms with Gasteiger partial charge in [0.1, 0.15) is 0 Å². The second kappa shape index (κ2) is 3.44. The van der Waals surface area contributed by atoms with Crippen LogP contribution in [0.2, 0.25) is 0 Å². The second-order valence-corrected chi connectivity index (χ2v) is 6.28. The van der Waals surface area contributed by atoms with Crippen LogP contribution in [-0.2, 0) is 10.0 Å². The van der Waals surface area contributed by atoms with Crippen LogP contribution in [0.25, 0.3) is 0 Å². The molecule has 1 aliphatic heterocycles. The van der Waals surface area contributed by atoms with E-state index in [0.29, 0.717) is 5.69 Å². The molecule has 0 unspecified atom stereocenters. The van der Waals surface area contributed by atoms with Crippen molar-refractivity contribution in [1.29, 1.82) is 0 Å². The van der Waals surface area contributed by atoms with Gasteiger partial charge in [-0.2, -0.15) is 4.31 Å². The molecule has 1 aromatic carbocycles. The van der Waals surface area contributed by atoms with Crippen LogP contribution in [-0.4, -0.2) is 36.5 Å². The first-order valence-electron chi connectivity index (χ1n) is 4.89. The minimum absolute atomic E-state index is 0.129. The molecule has 0 amide bonds. The van der Waals surface area contributed by atoms with Gasteiger partial charge in [-0.05, 0) is 25.1 Å². The summed E-state index contributed by atoms with van der Waals surface area (Å²) in [6.07, 6.45) is 0. The van der Waals surface area contributed by atoms with Gasteiger partial charge in [-0.3, -0.25) is 0 Å². The van der Waals surface area contributed by atoms with E-state index in [0.717, 1.165) is 0 Å². The maximum atomic E-state index is 12.0. The molecule has 1 saturated heterocycles. The van der Waals surface area contributed by atoms with E-state index in [-0.39, 0.29) is 18.0 Å².